The molecule has 0 aromatic carbocycles. The van der Waals surface area contributed by atoms with E-state index in [0.717, 1.165) is 5.01 Å². The van der Waals surface area contributed by atoms with Gasteiger partial charge in [-0.05, 0) is 32.3 Å². The highest BCUT2D eigenvalue weighted by atomic mass is 32.1. The maximum atomic E-state index is 12.4. The predicted octanol–water partition coefficient (Wildman–Crippen LogP) is 2.44. The van der Waals surface area contributed by atoms with E-state index in [1.807, 2.05) is 26.2 Å². The van der Waals surface area contributed by atoms with Crippen molar-refractivity contribution in [3.05, 3.63) is 27.7 Å². The average Bonchev–Trinajstić information content (AvgIpc) is 2.96. The monoisotopic (exact) mass is 282 g/mol. The second-order valence-corrected chi connectivity index (χ2v) is 6.37. The number of hydrogen-bond donors (Lipinski definition) is 0. The van der Waals surface area contributed by atoms with E-state index in [1.54, 1.807) is 27.8 Å². The Morgan fingerprint density at radius 3 is 2.72 bits per heavy atom. The van der Waals surface area contributed by atoms with E-state index in [9.17, 15) is 4.79 Å². The normalized spacial score (nSPS) is 11.5. The van der Waals surface area contributed by atoms with Crippen LogP contribution >= 0.6 is 22.9 Å². The molecule has 0 unspecified atom stereocenters. The number of thiazole rings is 1. The molecule has 0 bridgehead atoms. The third kappa shape index (κ3) is 2.91. The van der Waals surface area contributed by atoms with Gasteiger partial charge in [-0.25, -0.2) is 4.98 Å². The molecule has 0 aliphatic heterocycles. The van der Waals surface area contributed by atoms with Gasteiger partial charge < -0.3 is 4.90 Å². The summed E-state index contributed by atoms with van der Waals surface area (Å²) < 4.78 is 3.74. The molecule has 2 aromatic heterocycles. The van der Waals surface area contributed by atoms with Crippen LogP contribution in [0.15, 0.2) is 17.0 Å². The number of carbonyl (C=O) groups excluding carboxylic acids is 1. The zero-order valence-corrected chi connectivity index (χ0v) is 12.1. The molecule has 5 nitrogen and oxygen atoms in total. The van der Waals surface area contributed by atoms with Gasteiger partial charge in [-0.3, -0.25) is 4.79 Å². The summed E-state index contributed by atoms with van der Waals surface area (Å²) in [6, 6.07) is 0. The first-order valence-corrected chi connectivity index (χ1v) is 7.17. The third-order valence-electron chi connectivity index (χ3n) is 2.41. The summed E-state index contributed by atoms with van der Waals surface area (Å²) in [4.78, 5) is 18.4. The molecule has 96 valence electrons. The number of hydrogen-bond acceptors (Lipinski definition) is 6. The number of carbonyl (C=O) groups is 1. The summed E-state index contributed by atoms with van der Waals surface area (Å²) in [6.07, 6.45) is 1.75. The highest BCUT2D eigenvalue weighted by Crippen LogP contribution is 2.21. The molecule has 0 saturated heterocycles. The Hall–Kier alpha value is -1.34. The lowest BCUT2D eigenvalue weighted by atomic mass is 10.1. The van der Waals surface area contributed by atoms with Crippen molar-refractivity contribution in [1.29, 1.82) is 0 Å². The summed E-state index contributed by atoms with van der Waals surface area (Å²) >= 11 is 2.73. The van der Waals surface area contributed by atoms with Gasteiger partial charge in [-0.1, -0.05) is 4.49 Å². The molecule has 0 N–H and O–H groups in total. The highest BCUT2D eigenvalue weighted by Gasteiger charge is 2.29. The number of amides is 1. The molecule has 0 aliphatic carbocycles. The topological polar surface area (TPSA) is 59.0 Å². The van der Waals surface area contributed by atoms with Gasteiger partial charge in [0, 0.05) is 22.5 Å². The molecule has 0 fully saturated rings. The van der Waals surface area contributed by atoms with Crippen molar-refractivity contribution >= 4 is 28.8 Å². The lowest BCUT2D eigenvalue weighted by molar-refractivity contribution is 0.0552. The molecule has 2 heterocycles. The van der Waals surface area contributed by atoms with Gasteiger partial charge in [0.2, 0.25) is 0 Å². The van der Waals surface area contributed by atoms with E-state index in [1.165, 1.54) is 11.5 Å². The van der Waals surface area contributed by atoms with Crippen LogP contribution in [-0.4, -0.2) is 30.9 Å². The second-order valence-electron chi connectivity index (χ2n) is 4.78. The van der Waals surface area contributed by atoms with Crippen LogP contribution in [0.4, 0.5) is 0 Å². The van der Waals surface area contributed by atoms with Crippen LogP contribution in [-0.2, 0) is 6.54 Å². The van der Waals surface area contributed by atoms with E-state index < -0.39 is 0 Å². The second kappa shape index (κ2) is 5.11. The molecule has 18 heavy (non-hydrogen) atoms. The fraction of sp³-hybridized carbons (Fsp3) is 0.455. The molecule has 1 amide bonds. The molecule has 0 aliphatic rings. The van der Waals surface area contributed by atoms with Crippen LogP contribution in [0.25, 0.3) is 0 Å². The molecule has 0 saturated carbocycles. The van der Waals surface area contributed by atoms with E-state index >= 15 is 0 Å². The van der Waals surface area contributed by atoms with Gasteiger partial charge in [0.15, 0.2) is 5.69 Å². The summed E-state index contributed by atoms with van der Waals surface area (Å²) in [5.41, 5.74) is 0.110. The van der Waals surface area contributed by atoms with Crippen LogP contribution in [0.1, 0.15) is 36.3 Å². The SMILES string of the molecule is CC(C)(C)N(Cc1nccs1)C(=O)c1csnn1. The Labute approximate surface area is 114 Å². The minimum absolute atomic E-state index is 0.105. The minimum atomic E-state index is -0.285. The van der Waals surface area contributed by atoms with Crippen molar-refractivity contribution in [2.75, 3.05) is 0 Å². The lowest BCUT2D eigenvalue weighted by Gasteiger charge is -2.34. The van der Waals surface area contributed by atoms with Gasteiger partial charge >= 0.3 is 0 Å². The van der Waals surface area contributed by atoms with E-state index in [-0.39, 0.29) is 11.4 Å². The molecular weight excluding hydrogens is 268 g/mol. The Morgan fingerprint density at radius 2 is 2.22 bits per heavy atom. The van der Waals surface area contributed by atoms with Crippen molar-refractivity contribution < 1.29 is 4.79 Å². The van der Waals surface area contributed by atoms with Gasteiger partial charge in [-0.15, -0.1) is 16.4 Å². The van der Waals surface area contributed by atoms with Crippen LogP contribution in [0.2, 0.25) is 0 Å². The molecule has 2 aromatic rings. The fourth-order valence-electron chi connectivity index (χ4n) is 1.48. The summed E-state index contributed by atoms with van der Waals surface area (Å²) in [7, 11) is 0. The smallest absolute Gasteiger partial charge is 0.276 e. The minimum Gasteiger partial charge on any atom is -0.326 e. The van der Waals surface area contributed by atoms with Crippen molar-refractivity contribution in [2.45, 2.75) is 32.9 Å². The Kier molecular flexibility index (Phi) is 3.72. The maximum Gasteiger partial charge on any atom is 0.276 e. The van der Waals surface area contributed by atoms with Crippen LogP contribution < -0.4 is 0 Å². The Bertz CT molecular complexity index is 502. The quantitative estimate of drug-likeness (QED) is 0.867. The van der Waals surface area contributed by atoms with E-state index in [4.69, 9.17) is 0 Å². The van der Waals surface area contributed by atoms with Crippen LogP contribution in [0.3, 0.4) is 0 Å². The zero-order valence-electron chi connectivity index (χ0n) is 10.5. The molecule has 0 spiro atoms. The summed E-state index contributed by atoms with van der Waals surface area (Å²) in [5, 5.41) is 8.34. The van der Waals surface area contributed by atoms with Crippen molar-refractivity contribution in [3.63, 3.8) is 0 Å². The van der Waals surface area contributed by atoms with Crippen LogP contribution in [0.5, 0.6) is 0 Å². The van der Waals surface area contributed by atoms with E-state index in [2.05, 4.69) is 14.6 Å². The summed E-state index contributed by atoms with van der Waals surface area (Å²) in [6.45, 7) is 6.49. The van der Waals surface area contributed by atoms with Crippen LogP contribution in [0, 0.1) is 0 Å². The third-order valence-corrected chi connectivity index (χ3v) is 3.68. The Balaban J connectivity index is 2.23. The van der Waals surface area contributed by atoms with Crippen molar-refractivity contribution in [1.82, 2.24) is 19.5 Å². The molecule has 0 atom stereocenters. The first kappa shape index (κ1) is 13.1. The first-order valence-electron chi connectivity index (χ1n) is 5.46. The molecule has 0 radical (unpaired) electrons. The molecule has 2 rings (SSSR count). The summed E-state index contributed by atoms with van der Waals surface area (Å²) in [5.74, 6) is -0.105. The lowest BCUT2D eigenvalue weighted by Crippen LogP contribution is -2.45. The Morgan fingerprint density at radius 1 is 1.44 bits per heavy atom. The van der Waals surface area contributed by atoms with Gasteiger partial charge in [0.25, 0.3) is 5.91 Å². The number of aromatic nitrogens is 3. The van der Waals surface area contributed by atoms with E-state index in [0.29, 0.717) is 12.2 Å². The van der Waals surface area contributed by atoms with Gasteiger partial charge in [0.1, 0.15) is 5.01 Å². The fourth-order valence-corrected chi connectivity index (χ4v) is 2.51. The van der Waals surface area contributed by atoms with Crippen molar-refractivity contribution in [3.8, 4) is 0 Å². The number of rotatable bonds is 3. The van der Waals surface area contributed by atoms with Gasteiger partial charge in [-0.2, -0.15) is 0 Å². The zero-order chi connectivity index (χ0) is 13.2. The average molecular weight is 282 g/mol. The van der Waals surface area contributed by atoms with Crippen molar-refractivity contribution in [2.24, 2.45) is 0 Å². The largest absolute Gasteiger partial charge is 0.326 e. The highest BCUT2D eigenvalue weighted by molar-refractivity contribution is 7.09. The standard InChI is InChI=1S/C11H14N4OS2/c1-11(2,3)15(6-9-12-4-5-17-9)10(16)8-7-18-14-13-8/h4-5,7H,6H2,1-3H3. The predicted molar refractivity (Wildman–Crippen MR) is 71.6 cm³/mol. The first-order chi connectivity index (χ1) is 8.48. The van der Waals surface area contributed by atoms with Gasteiger partial charge in [0.05, 0.1) is 6.54 Å². The molecule has 7 heteroatoms. The molecular formula is C11H14N4OS2. The number of nitrogens with zero attached hydrogens (tertiary/aromatic N) is 4. The maximum absolute atomic E-state index is 12.4.